The molecule has 1 aliphatic carbocycles. The first kappa shape index (κ1) is 15.9. The Balaban J connectivity index is 1.85. The minimum Gasteiger partial charge on any atom is -0.386 e. The molecule has 1 saturated carbocycles. The van der Waals surface area contributed by atoms with E-state index in [0.29, 0.717) is 39.0 Å². The first-order valence-corrected chi connectivity index (χ1v) is 6.74. The van der Waals surface area contributed by atoms with Crippen LogP contribution in [0.5, 0.6) is 0 Å². The molecule has 1 aliphatic rings. The van der Waals surface area contributed by atoms with E-state index in [2.05, 4.69) is 5.32 Å². The lowest BCUT2D eigenvalue weighted by Gasteiger charge is -2.23. The van der Waals surface area contributed by atoms with Crippen molar-refractivity contribution in [1.29, 1.82) is 0 Å². The van der Waals surface area contributed by atoms with Crippen molar-refractivity contribution in [3.63, 3.8) is 0 Å². The number of hydrogen-bond donors (Lipinski definition) is 2. The maximum atomic E-state index is 10.0. The first-order valence-electron chi connectivity index (χ1n) is 6.74. The van der Waals surface area contributed by atoms with E-state index in [-0.39, 0.29) is 0 Å². The molecule has 5 nitrogen and oxygen atoms in total. The molecule has 0 aromatic rings. The summed E-state index contributed by atoms with van der Waals surface area (Å²) >= 11 is 0. The zero-order valence-electron chi connectivity index (χ0n) is 11.6. The minimum atomic E-state index is -0.793. The van der Waals surface area contributed by atoms with Crippen LogP contribution in [0.1, 0.15) is 26.2 Å². The van der Waals surface area contributed by atoms with E-state index in [1.165, 1.54) is 12.8 Å². The molecule has 0 aliphatic heterocycles. The Morgan fingerprint density at radius 1 is 1.17 bits per heavy atom. The van der Waals surface area contributed by atoms with Crippen LogP contribution >= 0.6 is 0 Å². The second kappa shape index (κ2) is 8.82. The third-order valence-electron chi connectivity index (χ3n) is 2.77. The van der Waals surface area contributed by atoms with Crippen LogP contribution in [-0.4, -0.2) is 63.4 Å². The normalized spacial score (nSPS) is 18.8. The largest absolute Gasteiger partial charge is 0.386 e. The molecule has 0 amide bonds. The molecule has 0 radical (unpaired) electrons. The SMILES string of the molecule is COCCCOCCOCC(C)(O)CNC1CC1. The zero-order chi connectivity index (χ0) is 13.3. The predicted octanol–water partition coefficient (Wildman–Crippen LogP) is 0.559. The third-order valence-corrected chi connectivity index (χ3v) is 2.77. The van der Waals surface area contributed by atoms with Crippen LogP contribution in [0, 0.1) is 0 Å². The fourth-order valence-electron chi connectivity index (χ4n) is 1.52. The van der Waals surface area contributed by atoms with Crippen molar-refractivity contribution in [3.05, 3.63) is 0 Å². The van der Waals surface area contributed by atoms with Crippen LogP contribution < -0.4 is 5.32 Å². The summed E-state index contributed by atoms with van der Waals surface area (Å²) in [4.78, 5) is 0. The third kappa shape index (κ3) is 8.83. The number of ether oxygens (including phenoxy) is 3. The van der Waals surface area contributed by atoms with Crippen molar-refractivity contribution >= 4 is 0 Å². The molecule has 1 rings (SSSR count). The molecule has 18 heavy (non-hydrogen) atoms. The van der Waals surface area contributed by atoms with E-state index in [9.17, 15) is 5.11 Å². The number of rotatable bonds is 12. The van der Waals surface area contributed by atoms with Crippen LogP contribution in [0.4, 0.5) is 0 Å². The molecular formula is C13H27NO4. The molecule has 0 heterocycles. The summed E-state index contributed by atoms with van der Waals surface area (Å²) in [7, 11) is 1.68. The lowest BCUT2D eigenvalue weighted by atomic mass is 10.1. The maximum Gasteiger partial charge on any atom is 0.0975 e. The van der Waals surface area contributed by atoms with Gasteiger partial charge in [-0.15, -0.1) is 0 Å². The summed E-state index contributed by atoms with van der Waals surface area (Å²) in [5.41, 5.74) is -0.793. The Hall–Kier alpha value is -0.200. The molecular weight excluding hydrogens is 234 g/mol. The lowest BCUT2D eigenvalue weighted by Crippen LogP contribution is -2.42. The highest BCUT2D eigenvalue weighted by molar-refractivity contribution is 4.85. The molecule has 1 fully saturated rings. The zero-order valence-corrected chi connectivity index (χ0v) is 11.6. The Morgan fingerprint density at radius 3 is 2.56 bits per heavy atom. The smallest absolute Gasteiger partial charge is 0.0975 e. The minimum absolute atomic E-state index is 0.341. The molecule has 0 aromatic heterocycles. The van der Waals surface area contributed by atoms with Gasteiger partial charge in [-0.1, -0.05) is 0 Å². The standard InChI is InChI=1S/C13H27NO4/c1-13(15,10-14-12-4-5-12)11-18-9-8-17-7-3-6-16-2/h12,14-15H,3-11H2,1-2H3. The van der Waals surface area contributed by atoms with Gasteiger partial charge in [0.2, 0.25) is 0 Å². The summed E-state index contributed by atoms with van der Waals surface area (Å²) in [6.45, 7) is 5.23. The van der Waals surface area contributed by atoms with Crippen molar-refractivity contribution in [2.24, 2.45) is 0 Å². The number of methoxy groups -OCH3 is 1. The Bertz CT molecular complexity index is 207. The summed E-state index contributed by atoms with van der Waals surface area (Å²) in [6, 6.07) is 0.612. The summed E-state index contributed by atoms with van der Waals surface area (Å²) in [6.07, 6.45) is 3.36. The van der Waals surface area contributed by atoms with Gasteiger partial charge < -0.3 is 24.6 Å². The van der Waals surface area contributed by atoms with Gasteiger partial charge in [-0.25, -0.2) is 0 Å². The number of nitrogens with one attached hydrogen (secondary N) is 1. The Kier molecular flexibility index (Phi) is 7.77. The van der Waals surface area contributed by atoms with E-state index in [0.717, 1.165) is 13.0 Å². The van der Waals surface area contributed by atoms with Gasteiger partial charge in [0.1, 0.15) is 0 Å². The van der Waals surface area contributed by atoms with Gasteiger partial charge in [-0.2, -0.15) is 0 Å². The van der Waals surface area contributed by atoms with Crippen LogP contribution in [0.15, 0.2) is 0 Å². The molecule has 5 heteroatoms. The van der Waals surface area contributed by atoms with Gasteiger partial charge >= 0.3 is 0 Å². The Labute approximate surface area is 110 Å². The fraction of sp³-hybridized carbons (Fsp3) is 1.00. The molecule has 0 bridgehead atoms. The van der Waals surface area contributed by atoms with Crippen LogP contribution in [0.2, 0.25) is 0 Å². The average molecular weight is 261 g/mol. The maximum absolute atomic E-state index is 10.0. The monoisotopic (exact) mass is 261 g/mol. The van der Waals surface area contributed by atoms with Gasteiger partial charge in [0.05, 0.1) is 25.4 Å². The van der Waals surface area contributed by atoms with Gasteiger partial charge in [0, 0.05) is 32.9 Å². The molecule has 0 aromatic carbocycles. The average Bonchev–Trinajstić information content (AvgIpc) is 3.14. The van der Waals surface area contributed by atoms with E-state index in [1.54, 1.807) is 14.0 Å². The molecule has 0 saturated heterocycles. The van der Waals surface area contributed by atoms with Crippen molar-refractivity contribution in [1.82, 2.24) is 5.32 Å². The summed E-state index contributed by atoms with van der Waals surface area (Å²) in [5, 5.41) is 13.3. The van der Waals surface area contributed by atoms with Gasteiger partial charge in [-0.05, 0) is 26.2 Å². The number of hydrogen-bond acceptors (Lipinski definition) is 5. The topological polar surface area (TPSA) is 60.0 Å². The molecule has 2 N–H and O–H groups in total. The van der Waals surface area contributed by atoms with E-state index >= 15 is 0 Å². The van der Waals surface area contributed by atoms with E-state index < -0.39 is 5.60 Å². The lowest BCUT2D eigenvalue weighted by molar-refractivity contribution is -0.0473. The van der Waals surface area contributed by atoms with Crippen LogP contribution in [0.25, 0.3) is 0 Å². The molecule has 1 atom stereocenters. The highest BCUT2D eigenvalue weighted by Crippen LogP contribution is 2.19. The van der Waals surface area contributed by atoms with E-state index in [1.807, 2.05) is 0 Å². The van der Waals surface area contributed by atoms with Crippen molar-refractivity contribution < 1.29 is 19.3 Å². The quantitative estimate of drug-likeness (QED) is 0.503. The Morgan fingerprint density at radius 2 is 1.89 bits per heavy atom. The molecule has 0 spiro atoms. The second-order valence-corrected chi connectivity index (χ2v) is 5.16. The van der Waals surface area contributed by atoms with Crippen LogP contribution in [-0.2, 0) is 14.2 Å². The van der Waals surface area contributed by atoms with Gasteiger partial charge in [-0.3, -0.25) is 0 Å². The predicted molar refractivity (Wildman–Crippen MR) is 69.8 cm³/mol. The van der Waals surface area contributed by atoms with Gasteiger partial charge in [0.15, 0.2) is 0 Å². The second-order valence-electron chi connectivity index (χ2n) is 5.16. The molecule has 108 valence electrons. The summed E-state index contributed by atoms with van der Waals surface area (Å²) in [5.74, 6) is 0. The van der Waals surface area contributed by atoms with Crippen molar-refractivity contribution in [2.45, 2.75) is 37.8 Å². The highest BCUT2D eigenvalue weighted by atomic mass is 16.5. The first-order chi connectivity index (χ1) is 8.64. The number of aliphatic hydroxyl groups is 1. The fourth-order valence-corrected chi connectivity index (χ4v) is 1.52. The van der Waals surface area contributed by atoms with Crippen LogP contribution in [0.3, 0.4) is 0 Å². The summed E-state index contributed by atoms with van der Waals surface area (Å²) < 4.78 is 15.7. The van der Waals surface area contributed by atoms with Gasteiger partial charge in [0.25, 0.3) is 0 Å². The van der Waals surface area contributed by atoms with Crippen molar-refractivity contribution in [2.75, 3.05) is 46.7 Å². The highest BCUT2D eigenvalue weighted by Gasteiger charge is 2.26. The van der Waals surface area contributed by atoms with E-state index in [4.69, 9.17) is 14.2 Å². The molecule has 1 unspecified atom stereocenters. The van der Waals surface area contributed by atoms with Crippen molar-refractivity contribution in [3.8, 4) is 0 Å².